The minimum atomic E-state index is -0.582. The van der Waals surface area contributed by atoms with Crippen molar-refractivity contribution in [3.63, 3.8) is 0 Å². The third-order valence-corrected chi connectivity index (χ3v) is 4.47. The van der Waals surface area contributed by atoms with Crippen molar-refractivity contribution in [2.45, 2.75) is 27.2 Å². The number of carbonyl (C=O) groups excluding carboxylic acids is 2. The first kappa shape index (κ1) is 20.8. The summed E-state index contributed by atoms with van der Waals surface area (Å²) in [6, 6.07) is 5.43. The Hall–Kier alpha value is -2.50. The number of esters is 1. The second-order valence-electron chi connectivity index (χ2n) is 7.10. The Bertz CT molecular complexity index is 675. The van der Waals surface area contributed by atoms with Crippen LogP contribution in [0.5, 0.6) is 11.5 Å². The maximum atomic E-state index is 12.2. The Labute approximate surface area is 161 Å². The monoisotopic (exact) mass is 375 g/mol. The number of piperidine rings is 1. The van der Waals surface area contributed by atoms with Gasteiger partial charge in [0.15, 0.2) is 24.7 Å². The van der Waals surface area contributed by atoms with E-state index in [-0.39, 0.29) is 19.1 Å². The van der Waals surface area contributed by atoms with Crippen molar-refractivity contribution in [1.29, 1.82) is 0 Å². The predicted octanol–water partition coefficient (Wildman–Crippen LogP) is 3.15. The van der Waals surface area contributed by atoms with Gasteiger partial charge in [-0.05, 0) is 42.9 Å². The highest BCUT2D eigenvalue weighted by atomic mass is 16.6. The van der Waals surface area contributed by atoms with Crippen molar-refractivity contribution in [2.75, 3.05) is 33.4 Å². The molecule has 1 saturated heterocycles. The molecule has 0 aliphatic carbocycles. The molecule has 0 aromatic heterocycles. The molecule has 1 aromatic carbocycles. The summed E-state index contributed by atoms with van der Waals surface area (Å²) in [5, 5.41) is 0. The van der Waals surface area contributed by atoms with E-state index < -0.39 is 5.97 Å². The zero-order valence-electron chi connectivity index (χ0n) is 16.6. The topological polar surface area (TPSA) is 65.1 Å². The average molecular weight is 375 g/mol. The molecule has 1 aliphatic heterocycles. The number of hydrogen-bond donors (Lipinski definition) is 0. The van der Waals surface area contributed by atoms with E-state index in [1.54, 1.807) is 18.1 Å². The average Bonchev–Trinajstić information content (AvgIpc) is 2.64. The molecule has 27 heavy (non-hydrogen) atoms. The second-order valence-corrected chi connectivity index (χ2v) is 7.10. The van der Waals surface area contributed by atoms with Gasteiger partial charge in [0.05, 0.1) is 7.11 Å². The molecule has 1 aliphatic rings. The number of allylic oxidation sites excluding steroid dienone is 1. The van der Waals surface area contributed by atoms with Gasteiger partial charge in [-0.2, -0.15) is 0 Å². The van der Waals surface area contributed by atoms with Gasteiger partial charge >= 0.3 is 5.97 Å². The number of benzene rings is 1. The van der Waals surface area contributed by atoms with Crippen LogP contribution in [0.1, 0.15) is 32.8 Å². The summed E-state index contributed by atoms with van der Waals surface area (Å²) >= 11 is 0. The van der Waals surface area contributed by atoms with Crippen LogP contribution in [-0.4, -0.2) is 50.2 Å². The standard InChI is InChI=1S/C21H29NO5/c1-5-6-17-7-8-18(19(10-17)25-4)26-14-21(24)27-13-20(23)22-11-15(2)9-16(3)12-22/h5-8,10,15-16H,9,11-14H2,1-4H3/b6-5+/t15-,16+. The van der Waals surface area contributed by atoms with Gasteiger partial charge in [0.2, 0.25) is 0 Å². The van der Waals surface area contributed by atoms with Crippen molar-refractivity contribution in [3.8, 4) is 11.5 Å². The van der Waals surface area contributed by atoms with Crippen LogP contribution in [0.3, 0.4) is 0 Å². The summed E-state index contributed by atoms with van der Waals surface area (Å²) in [4.78, 5) is 26.0. The maximum Gasteiger partial charge on any atom is 0.344 e. The van der Waals surface area contributed by atoms with E-state index in [0.29, 0.717) is 36.4 Å². The first-order chi connectivity index (χ1) is 12.9. The van der Waals surface area contributed by atoms with E-state index in [9.17, 15) is 9.59 Å². The number of hydrogen-bond acceptors (Lipinski definition) is 5. The molecule has 1 heterocycles. The molecule has 0 saturated carbocycles. The van der Waals surface area contributed by atoms with Gasteiger partial charge in [0.1, 0.15) is 0 Å². The van der Waals surface area contributed by atoms with E-state index >= 15 is 0 Å². The zero-order valence-corrected chi connectivity index (χ0v) is 16.6. The Morgan fingerprint density at radius 2 is 1.85 bits per heavy atom. The number of methoxy groups -OCH3 is 1. The molecule has 0 spiro atoms. The van der Waals surface area contributed by atoms with E-state index in [0.717, 1.165) is 12.0 Å². The van der Waals surface area contributed by atoms with Gasteiger partial charge in [-0.1, -0.05) is 32.1 Å². The lowest BCUT2D eigenvalue weighted by Crippen LogP contribution is -2.44. The highest BCUT2D eigenvalue weighted by molar-refractivity contribution is 5.81. The first-order valence-corrected chi connectivity index (χ1v) is 9.29. The normalized spacial score (nSPS) is 19.8. The fourth-order valence-electron chi connectivity index (χ4n) is 3.38. The minimum absolute atomic E-state index is 0.157. The summed E-state index contributed by atoms with van der Waals surface area (Å²) in [6.45, 7) is 7.09. The molecular formula is C21H29NO5. The van der Waals surface area contributed by atoms with Gasteiger partial charge in [-0.3, -0.25) is 4.79 Å². The van der Waals surface area contributed by atoms with E-state index in [1.165, 1.54) is 0 Å². The Morgan fingerprint density at radius 3 is 2.48 bits per heavy atom. The van der Waals surface area contributed by atoms with Gasteiger partial charge < -0.3 is 19.1 Å². The summed E-state index contributed by atoms with van der Waals surface area (Å²) in [7, 11) is 1.54. The smallest absolute Gasteiger partial charge is 0.344 e. The minimum Gasteiger partial charge on any atom is -0.493 e. The van der Waals surface area contributed by atoms with E-state index in [4.69, 9.17) is 14.2 Å². The molecule has 2 atom stereocenters. The van der Waals surface area contributed by atoms with Gasteiger partial charge in [-0.25, -0.2) is 4.79 Å². The number of nitrogens with zero attached hydrogens (tertiary/aromatic N) is 1. The molecular weight excluding hydrogens is 346 g/mol. The number of likely N-dealkylation sites (tertiary alicyclic amines) is 1. The van der Waals surface area contributed by atoms with Crippen molar-refractivity contribution < 1.29 is 23.8 Å². The summed E-state index contributed by atoms with van der Waals surface area (Å²) < 4.78 is 15.9. The van der Waals surface area contributed by atoms with Crippen molar-refractivity contribution in [1.82, 2.24) is 4.90 Å². The van der Waals surface area contributed by atoms with Gasteiger partial charge in [0, 0.05) is 13.1 Å². The molecule has 1 fully saturated rings. The third-order valence-electron chi connectivity index (χ3n) is 4.47. The molecule has 6 nitrogen and oxygen atoms in total. The van der Waals surface area contributed by atoms with E-state index in [1.807, 2.05) is 31.2 Å². The van der Waals surface area contributed by atoms with E-state index in [2.05, 4.69) is 13.8 Å². The molecule has 1 aromatic rings. The molecule has 148 valence electrons. The van der Waals surface area contributed by atoms with Crippen molar-refractivity contribution in [3.05, 3.63) is 29.8 Å². The Balaban J connectivity index is 1.81. The predicted molar refractivity (Wildman–Crippen MR) is 104 cm³/mol. The van der Waals surface area contributed by atoms with Gasteiger partial charge in [-0.15, -0.1) is 0 Å². The molecule has 2 rings (SSSR count). The van der Waals surface area contributed by atoms with Crippen molar-refractivity contribution >= 4 is 18.0 Å². The fraction of sp³-hybridized carbons (Fsp3) is 0.524. The third kappa shape index (κ3) is 6.31. The number of ether oxygens (including phenoxy) is 3. The van der Waals surface area contributed by atoms with Crippen LogP contribution in [0, 0.1) is 11.8 Å². The molecule has 0 radical (unpaired) electrons. The van der Waals surface area contributed by atoms with Crippen LogP contribution in [0.2, 0.25) is 0 Å². The maximum absolute atomic E-state index is 12.2. The molecule has 0 bridgehead atoms. The van der Waals surface area contributed by atoms with Crippen LogP contribution in [0.15, 0.2) is 24.3 Å². The van der Waals surface area contributed by atoms with Crippen LogP contribution in [0.4, 0.5) is 0 Å². The summed E-state index contributed by atoms with van der Waals surface area (Å²) in [5.41, 5.74) is 0.972. The van der Waals surface area contributed by atoms with Gasteiger partial charge in [0.25, 0.3) is 5.91 Å². The first-order valence-electron chi connectivity index (χ1n) is 9.29. The largest absolute Gasteiger partial charge is 0.493 e. The Kier molecular flexibility index (Phi) is 7.70. The van der Waals surface area contributed by atoms with Crippen LogP contribution in [-0.2, 0) is 14.3 Å². The fourth-order valence-corrected chi connectivity index (χ4v) is 3.38. The Morgan fingerprint density at radius 1 is 1.15 bits per heavy atom. The van der Waals surface area contributed by atoms with Crippen molar-refractivity contribution in [2.24, 2.45) is 11.8 Å². The highest BCUT2D eigenvalue weighted by Crippen LogP contribution is 2.28. The SMILES string of the molecule is C/C=C/c1ccc(OCC(=O)OCC(=O)N2C[C@H](C)C[C@H](C)C2)c(OC)c1. The summed E-state index contributed by atoms with van der Waals surface area (Å²) in [5.74, 6) is 1.18. The summed E-state index contributed by atoms with van der Waals surface area (Å²) in [6.07, 6.45) is 4.98. The van der Waals surface area contributed by atoms with Crippen LogP contribution >= 0.6 is 0 Å². The number of amides is 1. The number of rotatable bonds is 7. The van der Waals surface area contributed by atoms with Crippen LogP contribution < -0.4 is 9.47 Å². The lowest BCUT2D eigenvalue weighted by atomic mass is 9.92. The quantitative estimate of drug-likeness (QED) is 0.685. The molecule has 6 heteroatoms. The second kappa shape index (κ2) is 10.00. The zero-order chi connectivity index (χ0) is 19.8. The lowest BCUT2D eigenvalue weighted by molar-refractivity contribution is -0.154. The lowest BCUT2D eigenvalue weighted by Gasteiger charge is -2.34. The number of carbonyl (C=O) groups is 2. The van der Waals surface area contributed by atoms with Crippen LogP contribution in [0.25, 0.3) is 6.08 Å². The molecule has 0 unspecified atom stereocenters. The highest BCUT2D eigenvalue weighted by Gasteiger charge is 2.26. The molecule has 1 amide bonds. The molecule has 0 N–H and O–H groups in total.